The van der Waals surface area contributed by atoms with E-state index in [1.165, 1.54) is 20.8 Å². The van der Waals surface area contributed by atoms with Gasteiger partial charge in [0.05, 0.1) is 30.4 Å². The molecule has 0 amide bonds. The molecule has 0 unspecified atom stereocenters. The predicted octanol–water partition coefficient (Wildman–Crippen LogP) is -1.35. The van der Waals surface area contributed by atoms with Gasteiger partial charge in [-0.25, -0.2) is 25.3 Å². The van der Waals surface area contributed by atoms with Crippen LogP contribution in [0.15, 0.2) is 0 Å². The van der Waals surface area contributed by atoms with Crippen molar-refractivity contribution in [3.05, 3.63) is 0 Å². The third-order valence-electron chi connectivity index (χ3n) is 1.06. The molecule has 1 radical (unpaired) electrons. The summed E-state index contributed by atoms with van der Waals surface area (Å²) in [5.74, 6) is -0.938. The Morgan fingerprint density at radius 2 is 0.632 bits per heavy atom. The van der Waals surface area contributed by atoms with Crippen LogP contribution in [0.25, 0.3) is 0 Å². The van der Waals surface area contributed by atoms with Gasteiger partial charge in [-0.15, -0.1) is 0 Å². The smallest absolute Gasteiger partial charge is 0.748 e. The third-order valence-corrected chi connectivity index (χ3v) is 3.18. The van der Waals surface area contributed by atoms with Gasteiger partial charge in [-0.05, 0) is 0 Å². The summed E-state index contributed by atoms with van der Waals surface area (Å²) in [4.78, 5) is 0. The van der Waals surface area contributed by atoms with E-state index in [4.69, 9.17) is 0 Å². The van der Waals surface area contributed by atoms with Gasteiger partial charge in [0.1, 0.15) is 0 Å². The Bertz CT molecular complexity index is 414. The first-order valence-corrected chi connectivity index (χ1v) is 9.22. The Balaban J connectivity index is -0.0000000865. The second kappa shape index (κ2) is 12.8. The van der Waals surface area contributed by atoms with Gasteiger partial charge >= 0.3 is 40.4 Å². The van der Waals surface area contributed by atoms with Crippen molar-refractivity contribution in [3.8, 4) is 0 Å². The zero-order chi connectivity index (χ0) is 15.6. The second-order valence-corrected chi connectivity index (χ2v) is 7.62. The Labute approximate surface area is 146 Å². The molecule has 0 heterocycles. The maximum absolute atomic E-state index is 9.44. The normalized spacial score (nSPS) is 11.1. The Morgan fingerprint density at radius 1 is 0.579 bits per heavy atom. The zero-order valence-electron chi connectivity index (χ0n) is 10.4. The monoisotopic (exact) mass is 479 g/mol. The summed E-state index contributed by atoms with van der Waals surface area (Å²) in [6.07, 6.45) is 0. The minimum absolute atomic E-state index is 0. The number of hydrogen-bond acceptors (Lipinski definition) is 9. The van der Waals surface area contributed by atoms with Crippen molar-refractivity contribution in [2.24, 2.45) is 0 Å². The molecule has 0 rings (SSSR count). The van der Waals surface area contributed by atoms with E-state index >= 15 is 0 Å². The van der Waals surface area contributed by atoms with Crippen molar-refractivity contribution in [1.82, 2.24) is 0 Å². The molecule has 117 valence electrons. The van der Waals surface area contributed by atoms with Gasteiger partial charge in [-0.2, -0.15) is 0 Å². The molecule has 0 aromatic carbocycles. The molecule has 0 N–H and O–H groups in total. The molecule has 0 aliphatic heterocycles. The molecule has 0 bridgehead atoms. The summed E-state index contributed by atoms with van der Waals surface area (Å²) in [6.45, 7) is 3.92. The first kappa shape index (κ1) is 28.3. The molecule has 0 aliphatic carbocycles. The molecule has 0 atom stereocenters. The quantitative estimate of drug-likeness (QED) is 0.445. The minimum atomic E-state index is -3.91. The molecule has 0 fully saturated rings. The molecule has 0 spiro atoms. The first-order chi connectivity index (χ1) is 7.68. The zero-order valence-corrected chi connectivity index (χ0v) is 15.5. The Kier molecular flexibility index (Phi) is 19.0. The molecule has 9 nitrogen and oxygen atoms in total. The largest absolute Gasteiger partial charge is 3.00 e. The van der Waals surface area contributed by atoms with E-state index in [1.807, 2.05) is 0 Å². The molecule has 13 heteroatoms. The van der Waals surface area contributed by atoms with Gasteiger partial charge in [-0.3, -0.25) is 0 Å². The molecular formula is C6H15O9S3Sm. The van der Waals surface area contributed by atoms with E-state index in [9.17, 15) is 38.9 Å². The van der Waals surface area contributed by atoms with Crippen LogP contribution in [-0.4, -0.2) is 56.2 Å². The van der Waals surface area contributed by atoms with Crippen LogP contribution in [0.5, 0.6) is 0 Å². The van der Waals surface area contributed by atoms with Crippen LogP contribution in [0.3, 0.4) is 0 Å². The van der Waals surface area contributed by atoms with Crippen molar-refractivity contribution >= 4 is 30.4 Å². The summed E-state index contributed by atoms with van der Waals surface area (Å²) < 4.78 is 85.0. The van der Waals surface area contributed by atoms with Crippen LogP contribution >= 0.6 is 0 Å². The fourth-order valence-corrected chi connectivity index (χ4v) is 0. The van der Waals surface area contributed by atoms with Crippen molar-refractivity contribution < 1.29 is 79.3 Å². The molecule has 0 saturated heterocycles. The van der Waals surface area contributed by atoms with E-state index in [-0.39, 0.29) is 57.6 Å². The van der Waals surface area contributed by atoms with Crippen LogP contribution in [-0.2, 0) is 30.4 Å². The van der Waals surface area contributed by atoms with Gasteiger partial charge in [0.15, 0.2) is 0 Å². The van der Waals surface area contributed by atoms with Crippen LogP contribution in [0.4, 0.5) is 0 Å². The van der Waals surface area contributed by atoms with Crippen LogP contribution < -0.4 is 0 Å². The van der Waals surface area contributed by atoms with Gasteiger partial charge in [-0.1, -0.05) is 20.8 Å². The van der Waals surface area contributed by atoms with Crippen molar-refractivity contribution in [2.45, 2.75) is 20.8 Å². The topological polar surface area (TPSA) is 172 Å². The summed E-state index contributed by atoms with van der Waals surface area (Å²) in [6, 6.07) is 0. The van der Waals surface area contributed by atoms with Gasteiger partial charge < -0.3 is 13.7 Å². The van der Waals surface area contributed by atoms with E-state index in [1.54, 1.807) is 0 Å². The molecule has 0 aromatic rings. The SMILES string of the molecule is CCS(=O)(=O)[O-].CCS(=O)(=O)[O-].CCS(=O)(=O)[O-].[Sm+3]. The first-order valence-electron chi connectivity index (χ1n) is 4.49. The van der Waals surface area contributed by atoms with E-state index in [0.29, 0.717) is 0 Å². The van der Waals surface area contributed by atoms with Crippen LogP contribution in [0.1, 0.15) is 20.8 Å². The standard InChI is InChI=1S/3C2H6O3S.Sm/c3*1-2-6(3,4)5;/h3*2H2,1H3,(H,3,4,5);/q;;;+3/p-3. The van der Waals surface area contributed by atoms with E-state index < -0.39 is 30.4 Å². The van der Waals surface area contributed by atoms with E-state index in [0.717, 1.165) is 0 Å². The molecule has 19 heavy (non-hydrogen) atoms. The molecule has 0 aliphatic rings. The van der Waals surface area contributed by atoms with Gasteiger partial charge in [0.2, 0.25) is 0 Å². The Morgan fingerprint density at radius 3 is 0.632 bits per heavy atom. The van der Waals surface area contributed by atoms with Crippen LogP contribution in [0, 0.1) is 40.4 Å². The number of rotatable bonds is 3. The molecular weight excluding hydrogens is 463 g/mol. The fourth-order valence-electron chi connectivity index (χ4n) is 0. The molecule has 0 saturated carbocycles. The maximum Gasteiger partial charge on any atom is 3.00 e. The summed E-state index contributed by atoms with van der Waals surface area (Å²) >= 11 is 0. The van der Waals surface area contributed by atoms with Crippen LogP contribution in [0.2, 0.25) is 0 Å². The minimum Gasteiger partial charge on any atom is -0.748 e. The summed E-state index contributed by atoms with van der Waals surface area (Å²) in [5.41, 5.74) is 0. The maximum atomic E-state index is 9.44. The Hall–Kier alpha value is 1.07. The average Bonchev–Trinajstić information content (AvgIpc) is 2.16. The number of hydrogen-bond donors (Lipinski definition) is 0. The van der Waals surface area contributed by atoms with Crippen molar-refractivity contribution in [1.29, 1.82) is 0 Å². The summed E-state index contributed by atoms with van der Waals surface area (Å²) in [7, 11) is -11.7. The fraction of sp³-hybridized carbons (Fsp3) is 1.00. The van der Waals surface area contributed by atoms with E-state index in [2.05, 4.69) is 0 Å². The third kappa shape index (κ3) is 54.8. The van der Waals surface area contributed by atoms with Gasteiger partial charge in [0.25, 0.3) is 0 Å². The van der Waals surface area contributed by atoms with Crippen molar-refractivity contribution in [3.63, 3.8) is 0 Å². The van der Waals surface area contributed by atoms with Crippen molar-refractivity contribution in [2.75, 3.05) is 17.3 Å². The molecule has 0 aromatic heterocycles. The second-order valence-electron chi connectivity index (χ2n) is 2.54. The summed E-state index contributed by atoms with van der Waals surface area (Å²) in [5, 5.41) is 0. The van der Waals surface area contributed by atoms with Gasteiger partial charge in [0, 0.05) is 17.3 Å². The average molecular weight is 478 g/mol. The predicted molar refractivity (Wildman–Crippen MR) is 60.7 cm³/mol.